The Morgan fingerprint density at radius 3 is 2.42 bits per heavy atom. The zero-order chi connectivity index (χ0) is 18.7. The van der Waals surface area contributed by atoms with E-state index >= 15 is 0 Å². The predicted molar refractivity (Wildman–Crippen MR) is 101 cm³/mol. The molecule has 134 valence electrons. The topological polar surface area (TPSA) is 68.0 Å². The SMILES string of the molecule is CCn1nc(C(C)C)nc1Cc1ccc(-c2ccccc2C(=O)O)cc1. The van der Waals surface area contributed by atoms with Crippen LogP contribution in [-0.4, -0.2) is 25.8 Å². The van der Waals surface area contributed by atoms with Gasteiger partial charge in [0.25, 0.3) is 0 Å². The third kappa shape index (κ3) is 3.67. The number of hydrogen-bond acceptors (Lipinski definition) is 3. The van der Waals surface area contributed by atoms with E-state index in [4.69, 9.17) is 0 Å². The molecule has 0 aliphatic rings. The van der Waals surface area contributed by atoms with Crippen LogP contribution in [0.4, 0.5) is 0 Å². The molecule has 1 aromatic heterocycles. The van der Waals surface area contributed by atoms with Gasteiger partial charge in [-0.1, -0.05) is 56.3 Å². The summed E-state index contributed by atoms with van der Waals surface area (Å²) in [6.07, 6.45) is 0.703. The Morgan fingerprint density at radius 1 is 1.12 bits per heavy atom. The number of benzene rings is 2. The smallest absolute Gasteiger partial charge is 0.336 e. The number of carboxylic acid groups (broad SMARTS) is 1. The lowest BCUT2D eigenvalue weighted by Crippen LogP contribution is -2.04. The molecule has 0 spiro atoms. The summed E-state index contributed by atoms with van der Waals surface area (Å²) in [4.78, 5) is 16.1. The molecule has 0 saturated carbocycles. The van der Waals surface area contributed by atoms with Crippen LogP contribution in [0.1, 0.15) is 54.3 Å². The fourth-order valence-electron chi connectivity index (χ4n) is 2.93. The largest absolute Gasteiger partial charge is 0.478 e. The summed E-state index contributed by atoms with van der Waals surface area (Å²) in [5, 5.41) is 13.9. The van der Waals surface area contributed by atoms with E-state index in [9.17, 15) is 9.90 Å². The molecule has 0 radical (unpaired) electrons. The lowest BCUT2D eigenvalue weighted by molar-refractivity contribution is 0.0697. The number of nitrogens with zero attached hydrogens (tertiary/aromatic N) is 3. The molecule has 0 atom stereocenters. The Hall–Kier alpha value is -2.95. The number of hydrogen-bond donors (Lipinski definition) is 1. The van der Waals surface area contributed by atoms with Gasteiger partial charge in [-0.2, -0.15) is 5.10 Å². The second-order valence-corrected chi connectivity index (χ2v) is 6.58. The monoisotopic (exact) mass is 349 g/mol. The lowest BCUT2D eigenvalue weighted by Gasteiger charge is -2.08. The van der Waals surface area contributed by atoms with E-state index in [2.05, 4.69) is 30.9 Å². The molecule has 2 aromatic carbocycles. The molecule has 0 saturated heterocycles. The highest BCUT2D eigenvalue weighted by molar-refractivity contribution is 5.95. The molecule has 0 aliphatic heterocycles. The van der Waals surface area contributed by atoms with Crippen molar-refractivity contribution in [2.45, 2.75) is 39.7 Å². The van der Waals surface area contributed by atoms with Gasteiger partial charge in [0.15, 0.2) is 5.82 Å². The summed E-state index contributed by atoms with van der Waals surface area (Å²) in [6.45, 7) is 7.04. The number of carboxylic acids is 1. The summed E-state index contributed by atoms with van der Waals surface area (Å²) in [5.41, 5.74) is 3.06. The maximum Gasteiger partial charge on any atom is 0.336 e. The van der Waals surface area contributed by atoms with Crippen molar-refractivity contribution in [1.29, 1.82) is 0 Å². The van der Waals surface area contributed by atoms with Crippen molar-refractivity contribution < 1.29 is 9.90 Å². The van der Waals surface area contributed by atoms with E-state index < -0.39 is 5.97 Å². The quantitative estimate of drug-likeness (QED) is 0.717. The van der Waals surface area contributed by atoms with Gasteiger partial charge in [0.1, 0.15) is 5.82 Å². The molecule has 26 heavy (non-hydrogen) atoms. The molecular formula is C21H23N3O2. The van der Waals surface area contributed by atoms with E-state index in [1.165, 1.54) is 0 Å². The zero-order valence-electron chi connectivity index (χ0n) is 15.3. The Morgan fingerprint density at radius 2 is 1.81 bits per heavy atom. The third-order valence-electron chi connectivity index (χ3n) is 4.37. The highest BCUT2D eigenvalue weighted by Crippen LogP contribution is 2.24. The minimum atomic E-state index is -0.915. The molecule has 0 fully saturated rings. The van der Waals surface area contributed by atoms with Crippen LogP contribution in [0.25, 0.3) is 11.1 Å². The second-order valence-electron chi connectivity index (χ2n) is 6.58. The Kier molecular flexibility index (Phi) is 5.16. The number of carbonyl (C=O) groups is 1. The van der Waals surface area contributed by atoms with Crippen LogP contribution in [0.15, 0.2) is 48.5 Å². The third-order valence-corrected chi connectivity index (χ3v) is 4.37. The van der Waals surface area contributed by atoms with Crippen LogP contribution in [0.3, 0.4) is 0 Å². The molecule has 5 heteroatoms. The van der Waals surface area contributed by atoms with Crippen LogP contribution in [-0.2, 0) is 13.0 Å². The van der Waals surface area contributed by atoms with Crippen molar-refractivity contribution in [3.63, 3.8) is 0 Å². The highest BCUT2D eigenvalue weighted by Gasteiger charge is 2.13. The molecule has 0 bridgehead atoms. The van der Waals surface area contributed by atoms with Gasteiger partial charge < -0.3 is 5.11 Å². The lowest BCUT2D eigenvalue weighted by atomic mass is 9.98. The number of rotatable bonds is 6. The average Bonchev–Trinajstić information content (AvgIpc) is 3.05. The predicted octanol–water partition coefficient (Wildman–Crippen LogP) is 4.38. The van der Waals surface area contributed by atoms with Gasteiger partial charge in [-0.3, -0.25) is 0 Å². The van der Waals surface area contributed by atoms with Crippen LogP contribution in [0, 0.1) is 0 Å². The summed E-state index contributed by atoms with van der Waals surface area (Å²) < 4.78 is 1.95. The van der Waals surface area contributed by atoms with Crippen molar-refractivity contribution in [3.8, 4) is 11.1 Å². The Balaban J connectivity index is 1.86. The fraction of sp³-hybridized carbons (Fsp3) is 0.286. The molecule has 3 aromatic rings. The second kappa shape index (κ2) is 7.52. The Bertz CT molecular complexity index is 911. The van der Waals surface area contributed by atoms with Crippen molar-refractivity contribution in [3.05, 3.63) is 71.3 Å². The van der Waals surface area contributed by atoms with Crippen molar-refractivity contribution in [2.24, 2.45) is 0 Å². The van der Waals surface area contributed by atoms with Crippen molar-refractivity contribution in [1.82, 2.24) is 14.8 Å². The molecule has 0 unspecified atom stereocenters. The summed E-state index contributed by atoms with van der Waals surface area (Å²) >= 11 is 0. The van der Waals surface area contributed by atoms with Gasteiger partial charge in [-0.05, 0) is 29.7 Å². The number of aromatic carboxylic acids is 1. The average molecular weight is 349 g/mol. The first-order chi connectivity index (χ1) is 12.5. The maximum absolute atomic E-state index is 11.4. The summed E-state index contributed by atoms with van der Waals surface area (Å²) in [6, 6.07) is 15.0. The van der Waals surface area contributed by atoms with Crippen LogP contribution < -0.4 is 0 Å². The van der Waals surface area contributed by atoms with Crippen molar-refractivity contribution >= 4 is 5.97 Å². The summed E-state index contributed by atoms with van der Waals surface area (Å²) in [7, 11) is 0. The Labute approximate surface area is 153 Å². The molecular weight excluding hydrogens is 326 g/mol. The molecule has 5 nitrogen and oxygen atoms in total. The molecule has 1 heterocycles. The number of aryl methyl sites for hydroxylation is 1. The van der Waals surface area contributed by atoms with Gasteiger partial charge in [0.2, 0.25) is 0 Å². The number of aromatic nitrogens is 3. The zero-order valence-corrected chi connectivity index (χ0v) is 15.3. The first-order valence-corrected chi connectivity index (χ1v) is 8.84. The molecule has 0 aliphatic carbocycles. The van der Waals surface area contributed by atoms with Crippen LogP contribution >= 0.6 is 0 Å². The van der Waals surface area contributed by atoms with E-state index in [1.54, 1.807) is 12.1 Å². The molecule has 0 amide bonds. The van der Waals surface area contributed by atoms with Gasteiger partial charge in [0.05, 0.1) is 5.56 Å². The first-order valence-electron chi connectivity index (χ1n) is 8.84. The minimum absolute atomic E-state index is 0.302. The molecule has 3 rings (SSSR count). The van der Waals surface area contributed by atoms with E-state index in [-0.39, 0.29) is 0 Å². The van der Waals surface area contributed by atoms with Crippen LogP contribution in [0.5, 0.6) is 0 Å². The van der Waals surface area contributed by atoms with Gasteiger partial charge in [-0.25, -0.2) is 14.5 Å². The highest BCUT2D eigenvalue weighted by atomic mass is 16.4. The van der Waals surface area contributed by atoms with E-state index in [0.717, 1.165) is 34.9 Å². The first kappa shape index (κ1) is 17.9. The standard InChI is InChI=1S/C21H23N3O2/c1-4-24-19(22-20(23-24)14(2)3)13-15-9-11-16(12-10-15)17-7-5-6-8-18(17)21(25)26/h5-12,14H,4,13H2,1-3H3,(H,25,26). The minimum Gasteiger partial charge on any atom is -0.478 e. The maximum atomic E-state index is 11.4. The van der Waals surface area contributed by atoms with Gasteiger partial charge in [-0.15, -0.1) is 0 Å². The fourth-order valence-corrected chi connectivity index (χ4v) is 2.93. The van der Waals surface area contributed by atoms with Crippen molar-refractivity contribution in [2.75, 3.05) is 0 Å². The normalized spacial score (nSPS) is 11.1. The van der Waals surface area contributed by atoms with Gasteiger partial charge >= 0.3 is 5.97 Å². The molecule has 1 N–H and O–H groups in total. The van der Waals surface area contributed by atoms with Gasteiger partial charge in [0, 0.05) is 18.9 Å². The van der Waals surface area contributed by atoms with Crippen LogP contribution in [0.2, 0.25) is 0 Å². The van der Waals surface area contributed by atoms with E-state index in [0.29, 0.717) is 17.9 Å². The summed E-state index contributed by atoms with van der Waals surface area (Å²) in [5.74, 6) is 1.21. The van der Waals surface area contributed by atoms with E-state index in [1.807, 2.05) is 41.1 Å².